The third-order valence-electron chi connectivity index (χ3n) is 6.79. The zero-order chi connectivity index (χ0) is 24.8. The highest BCUT2D eigenvalue weighted by atomic mass is 16.7. The van der Waals surface area contributed by atoms with Crippen molar-refractivity contribution in [3.05, 3.63) is 54.1 Å². The van der Waals surface area contributed by atoms with Gasteiger partial charge in [0.25, 0.3) is 0 Å². The van der Waals surface area contributed by atoms with Crippen LogP contribution in [0.3, 0.4) is 0 Å². The van der Waals surface area contributed by atoms with Crippen molar-refractivity contribution < 1.29 is 33.9 Å². The largest absolute Gasteiger partial charge is 0.491 e. The third kappa shape index (κ3) is 6.67. The van der Waals surface area contributed by atoms with Crippen molar-refractivity contribution >= 4 is 0 Å². The van der Waals surface area contributed by atoms with E-state index in [1.54, 1.807) is 0 Å². The number of hydrogen-bond acceptors (Lipinski definition) is 7. The summed E-state index contributed by atoms with van der Waals surface area (Å²) in [6, 6.07) is 15.1. The minimum atomic E-state index is -1.21. The summed E-state index contributed by atoms with van der Waals surface area (Å²) in [5.41, 5.74) is 1.19. The molecule has 4 rings (SSSR count). The second-order valence-electron chi connectivity index (χ2n) is 9.73. The summed E-state index contributed by atoms with van der Waals surface area (Å²) < 4.78 is 29.2. The summed E-state index contributed by atoms with van der Waals surface area (Å²) in [5.74, 6) is 2.43. The van der Waals surface area contributed by atoms with Gasteiger partial charge in [-0.2, -0.15) is 0 Å². The van der Waals surface area contributed by atoms with Crippen LogP contribution in [0.2, 0.25) is 0 Å². The number of aliphatic hydroxyl groups excluding tert-OH is 2. The van der Waals surface area contributed by atoms with E-state index in [0.717, 1.165) is 18.6 Å². The SMILES string of the molecule is CO[C@@H]1O[C@H](COc2ccc(OC3CCCCC3)cc2)[C@@H](O)[C@H](O)[C@H]1Oc1ccc(C(C)C)cc1. The topological polar surface area (TPSA) is 86.6 Å². The molecule has 1 aliphatic heterocycles. The van der Waals surface area contributed by atoms with Gasteiger partial charge in [0, 0.05) is 7.11 Å². The van der Waals surface area contributed by atoms with E-state index in [-0.39, 0.29) is 12.7 Å². The van der Waals surface area contributed by atoms with Crippen LogP contribution >= 0.6 is 0 Å². The maximum absolute atomic E-state index is 10.8. The van der Waals surface area contributed by atoms with E-state index in [4.69, 9.17) is 23.7 Å². The molecule has 1 aliphatic carbocycles. The molecule has 192 valence electrons. The molecule has 1 saturated heterocycles. The maximum atomic E-state index is 10.8. The van der Waals surface area contributed by atoms with Crippen molar-refractivity contribution in [2.75, 3.05) is 13.7 Å². The number of aliphatic hydroxyl groups is 2. The zero-order valence-corrected chi connectivity index (χ0v) is 20.8. The Morgan fingerprint density at radius 2 is 1.43 bits per heavy atom. The highest BCUT2D eigenvalue weighted by molar-refractivity contribution is 5.32. The van der Waals surface area contributed by atoms with E-state index in [9.17, 15) is 10.2 Å². The highest BCUT2D eigenvalue weighted by Gasteiger charge is 2.46. The van der Waals surface area contributed by atoms with Crippen LogP contribution in [0.5, 0.6) is 17.2 Å². The first-order valence-corrected chi connectivity index (χ1v) is 12.6. The van der Waals surface area contributed by atoms with Crippen LogP contribution in [0, 0.1) is 0 Å². The molecule has 1 heterocycles. The molecule has 5 atom stereocenters. The molecule has 0 unspecified atom stereocenters. The predicted molar refractivity (Wildman–Crippen MR) is 132 cm³/mol. The molecule has 2 aliphatic rings. The lowest BCUT2D eigenvalue weighted by Gasteiger charge is -2.41. The Kier molecular flexibility index (Phi) is 8.89. The molecule has 0 radical (unpaired) electrons. The Morgan fingerprint density at radius 1 is 0.829 bits per heavy atom. The minimum Gasteiger partial charge on any atom is -0.491 e. The number of hydrogen-bond donors (Lipinski definition) is 2. The van der Waals surface area contributed by atoms with Gasteiger partial charge >= 0.3 is 0 Å². The molecule has 35 heavy (non-hydrogen) atoms. The lowest BCUT2D eigenvalue weighted by molar-refractivity contribution is -0.287. The van der Waals surface area contributed by atoms with Crippen LogP contribution in [0.4, 0.5) is 0 Å². The van der Waals surface area contributed by atoms with Crippen molar-refractivity contribution in [3.63, 3.8) is 0 Å². The number of rotatable bonds is 9. The fraction of sp³-hybridized carbons (Fsp3) is 0.571. The zero-order valence-electron chi connectivity index (χ0n) is 20.8. The van der Waals surface area contributed by atoms with Gasteiger partial charge in [0.2, 0.25) is 0 Å². The molecule has 1 saturated carbocycles. The van der Waals surface area contributed by atoms with Gasteiger partial charge in [0.05, 0.1) is 6.10 Å². The molecule has 7 nitrogen and oxygen atoms in total. The standard InChI is InChI=1S/C28H38O7/c1-18(2)19-9-11-23(12-10-19)34-27-26(30)25(29)24(35-28(27)31-3)17-32-20-13-15-22(16-14-20)33-21-7-5-4-6-8-21/h9-16,18,21,24-30H,4-8,17H2,1-3H3/t24-,25-,26+,27-,28-/m1/s1. The maximum Gasteiger partial charge on any atom is 0.197 e. The molecule has 2 aromatic carbocycles. The number of methoxy groups -OCH3 is 1. The van der Waals surface area contributed by atoms with Gasteiger partial charge in [-0.1, -0.05) is 32.4 Å². The second kappa shape index (κ2) is 12.1. The number of ether oxygens (including phenoxy) is 5. The Balaban J connectivity index is 1.31. The average Bonchev–Trinajstić information content (AvgIpc) is 2.88. The molecule has 2 fully saturated rings. The van der Waals surface area contributed by atoms with Gasteiger partial charge in [0.15, 0.2) is 12.4 Å². The molecular weight excluding hydrogens is 448 g/mol. The van der Waals surface area contributed by atoms with E-state index in [2.05, 4.69) is 13.8 Å². The van der Waals surface area contributed by atoms with Crippen molar-refractivity contribution in [2.45, 2.75) is 88.7 Å². The lowest BCUT2D eigenvalue weighted by atomic mass is 9.98. The lowest BCUT2D eigenvalue weighted by Crippen LogP contribution is -2.61. The molecule has 0 amide bonds. The Labute approximate surface area is 207 Å². The monoisotopic (exact) mass is 486 g/mol. The smallest absolute Gasteiger partial charge is 0.197 e. The van der Waals surface area contributed by atoms with Crippen LogP contribution in [0.1, 0.15) is 57.4 Å². The minimum absolute atomic E-state index is 0.0523. The Hall–Kier alpha value is -2.32. The normalized spacial score (nSPS) is 27.5. The van der Waals surface area contributed by atoms with Gasteiger partial charge in [0.1, 0.15) is 42.2 Å². The van der Waals surface area contributed by atoms with E-state index in [0.29, 0.717) is 17.4 Å². The Morgan fingerprint density at radius 3 is 2.06 bits per heavy atom. The van der Waals surface area contributed by atoms with E-state index < -0.39 is 30.7 Å². The van der Waals surface area contributed by atoms with Crippen LogP contribution < -0.4 is 14.2 Å². The molecule has 2 aromatic rings. The quantitative estimate of drug-likeness (QED) is 0.542. The second-order valence-corrected chi connectivity index (χ2v) is 9.73. The molecular formula is C28H38O7. The van der Waals surface area contributed by atoms with E-state index in [1.807, 2.05) is 48.5 Å². The molecule has 7 heteroatoms. The highest BCUT2D eigenvalue weighted by Crippen LogP contribution is 2.29. The van der Waals surface area contributed by atoms with Gasteiger partial charge < -0.3 is 33.9 Å². The first kappa shape index (κ1) is 25.8. The summed E-state index contributed by atoms with van der Waals surface area (Å²) in [5, 5.41) is 21.5. The fourth-order valence-electron chi connectivity index (χ4n) is 4.61. The number of benzene rings is 2. The summed E-state index contributed by atoms with van der Waals surface area (Å²) in [7, 11) is 1.48. The van der Waals surface area contributed by atoms with Gasteiger partial charge in [-0.15, -0.1) is 0 Å². The molecule has 0 bridgehead atoms. The van der Waals surface area contributed by atoms with Crippen LogP contribution in [0.25, 0.3) is 0 Å². The first-order valence-electron chi connectivity index (χ1n) is 12.6. The van der Waals surface area contributed by atoms with Gasteiger partial charge in [-0.05, 0) is 73.6 Å². The fourth-order valence-corrected chi connectivity index (χ4v) is 4.61. The van der Waals surface area contributed by atoms with Crippen LogP contribution in [0.15, 0.2) is 48.5 Å². The van der Waals surface area contributed by atoms with Crippen molar-refractivity contribution in [2.24, 2.45) is 0 Å². The molecule has 2 N–H and O–H groups in total. The molecule has 0 spiro atoms. The van der Waals surface area contributed by atoms with Crippen molar-refractivity contribution in [1.29, 1.82) is 0 Å². The summed E-state index contributed by atoms with van der Waals surface area (Å²) in [6.45, 7) is 4.29. The van der Waals surface area contributed by atoms with Gasteiger partial charge in [-0.25, -0.2) is 0 Å². The van der Waals surface area contributed by atoms with E-state index >= 15 is 0 Å². The van der Waals surface area contributed by atoms with E-state index in [1.165, 1.54) is 31.9 Å². The van der Waals surface area contributed by atoms with Gasteiger partial charge in [-0.3, -0.25) is 0 Å². The summed E-state index contributed by atoms with van der Waals surface area (Å²) in [4.78, 5) is 0. The molecule has 0 aromatic heterocycles. The first-order chi connectivity index (χ1) is 16.9. The average molecular weight is 487 g/mol. The van der Waals surface area contributed by atoms with Crippen LogP contribution in [-0.4, -0.2) is 60.7 Å². The Bertz CT molecular complexity index is 891. The predicted octanol–water partition coefficient (Wildman–Crippen LogP) is 4.44. The summed E-state index contributed by atoms with van der Waals surface area (Å²) in [6.07, 6.45) is 1.30. The van der Waals surface area contributed by atoms with Crippen LogP contribution in [-0.2, 0) is 9.47 Å². The van der Waals surface area contributed by atoms with Crippen molar-refractivity contribution in [3.8, 4) is 17.2 Å². The van der Waals surface area contributed by atoms with Crippen molar-refractivity contribution in [1.82, 2.24) is 0 Å². The third-order valence-corrected chi connectivity index (χ3v) is 6.79. The summed E-state index contributed by atoms with van der Waals surface area (Å²) >= 11 is 0.